The average Bonchev–Trinajstić information content (AvgIpc) is 3.39. The van der Waals surface area contributed by atoms with E-state index < -0.39 is 11.9 Å². The second kappa shape index (κ2) is 9.35. The van der Waals surface area contributed by atoms with Crippen LogP contribution in [0.1, 0.15) is 71.2 Å². The number of rotatable bonds is 7. The maximum Gasteiger partial charge on any atom is 0.337 e. The fourth-order valence-corrected chi connectivity index (χ4v) is 5.04. The second-order valence-corrected chi connectivity index (χ2v) is 9.17. The van der Waals surface area contributed by atoms with Gasteiger partial charge in [0.25, 0.3) is 0 Å². The predicted molar refractivity (Wildman–Crippen MR) is 127 cm³/mol. The molecule has 0 spiro atoms. The molecule has 0 bridgehead atoms. The average molecular weight is 468 g/mol. The van der Waals surface area contributed by atoms with Crippen LogP contribution in [0.25, 0.3) is 10.9 Å². The SMILES string of the molecule is CC(=O)c1cc2c(cc1Cl)c(C(CC1CCCC1)C(=O)Nc1ccc(C(=O)O)cn1)cn2C. The van der Waals surface area contributed by atoms with Crippen LogP contribution in [0.2, 0.25) is 5.02 Å². The maximum absolute atomic E-state index is 13.5. The van der Waals surface area contributed by atoms with Crippen LogP contribution in [0.15, 0.2) is 36.7 Å². The molecule has 3 aromatic rings. The Labute approximate surface area is 196 Å². The van der Waals surface area contributed by atoms with Crippen molar-refractivity contribution in [3.05, 3.63) is 58.4 Å². The zero-order valence-electron chi connectivity index (χ0n) is 18.6. The summed E-state index contributed by atoms with van der Waals surface area (Å²) in [6, 6.07) is 6.46. The normalized spacial score (nSPS) is 15.0. The summed E-state index contributed by atoms with van der Waals surface area (Å²) in [4.78, 5) is 40.6. The number of anilines is 1. The number of carboxylic acid groups (broad SMARTS) is 1. The van der Waals surface area contributed by atoms with Gasteiger partial charge < -0.3 is 15.0 Å². The van der Waals surface area contributed by atoms with Crippen molar-refractivity contribution in [2.75, 3.05) is 5.32 Å². The number of carboxylic acids is 1. The summed E-state index contributed by atoms with van der Waals surface area (Å²) in [5.41, 5.74) is 2.21. The number of fused-ring (bicyclic) bond motifs is 1. The number of nitrogens with one attached hydrogen (secondary N) is 1. The second-order valence-electron chi connectivity index (χ2n) is 8.77. The molecule has 172 valence electrons. The van der Waals surface area contributed by atoms with Crippen molar-refractivity contribution in [2.45, 2.75) is 44.9 Å². The van der Waals surface area contributed by atoms with Gasteiger partial charge in [-0.1, -0.05) is 37.3 Å². The molecule has 7 nitrogen and oxygen atoms in total. The molecule has 1 aliphatic carbocycles. The van der Waals surface area contributed by atoms with Crippen molar-refractivity contribution in [3.8, 4) is 0 Å². The fraction of sp³-hybridized carbons (Fsp3) is 0.360. The first-order valence-corrected chi connectivity index (χ1v) is 11.4. The monoisotopic (exact) mass is 467 g/mol. The van der Waals surface area contributed by atoms with E-state index in [4.69, 9.17) is 16.7 Å². The van der Waals surface area contributed by atoms with Crippen molar-refractivity contribution in [1.82, 2.24) is 9.55 Å². The van der Waals surface area contributed by atoms with E-state index in [1.54, 1.807) is 12.1 Å². The Morgan fingerprint density at radius 3 is 2.58 bits per heavy atom. The van der Waals surface area contributed by atoms with Crippen LogP contribution >= 0.6 is 11.6 Å². The summed E-state index contributed by atoms with van der Waals surface area (Å²) in [6.07, 6.45) is 8.38. The van der Waals surface area contributed by atoms with Crippen LogP contribution < -0.4 is 5.32 Å². The molecule has 1 amide bonds. The molecule has 33 heavy (non-hydrogen) atoms. The molecule has 2 heterocycles. The van der Waals surface area contributed by atoms with Gasteiger partial charge in [0, 0.05) is 35.9 Å². The minimum Gasteiger partial charge on any atom is -0.478 e. The summed E-state index contributed by atoms with van der Waals surface area (Å²) in [5.74, 6) is -1.06. The number of benzene rings is 1. The molecular formula is C25H26ClN3O4. The number of hydrogen-bond acceptors (Lipinski definition) is 4. The lowest BCUT2D eigenvalue weighted by molar-refractivity contribution is -0.118. The van der Waals surface area contributed by atoms with Crippen molar-refractivity contribution in [2.24, 2.45) is 13.0 Å². The molecule has 0 aliphatic heterocycles. The van der Waals surface area contributed by atoms with Gasteiger partial charge in [-0.25, -0.2) is 9.78 Å². The number of nitrogens with zero attached hydrogens (tertiary/aromatic N) is 2. The van der Waals surface area contributed by atoms with Crippen LogP contribution in [0.4, 0.5) is 5.82 Å². The van der Waals surface area contributed by atoms with Gasteiger partial charge >= 0.3 is 5.97 Å². The quantitative estimate of drug-likeness (QED) is 0.451. The van der Waals surface area contributed by atoms with E-state index in [1.165, 1.54) is 38.1 Å². The Kier molecular flexibility index (Phi) is 6.51. The highest BCUT2D eigenvalue weighted by molar-refractivity contribution is 6.34. The molecule has 2 aromatic heterocycles. The predicted octanol–water partition coefficient (Wildman–Crippen LogP) is 5.43. The van der Waals surface area contributed by atoms with Crippen LogP contribution in [-0.4, -0.2) is 32.3 Å². The first-order chi connectivity index (χ1) is 15.7. The van der Waals surface area contributed by atoms with E-state index in [9.17, 15) is 14.4 Å². The molecule has 1 fully saturated rings. The minimum atomic E-state index is -1.07. The zero-order chi connectivity index (χ0) is 23.7. The number of carbonyl (C=O) groups excluding carboxylic acids is 2. The van der Waals surface area contributed by atoms with Crippen LogP contribution in [0.5, 0.6) is 0 Å². The van der Waals surface area contributed by atoms with Crippen LogP contribution in [0, 0.1) is 5.92 Å². The summed E-state index contributed by atoms with van der Waals surface area (Å²) >= 11 is 6.42. The Hall–Kier alpha value is -3.19. The molecular weight excluding hydrogens is 442 g/mol. The van der Waals surface area contributed by atoms with Crippen molar-refractivity contribution >= 4 is 46.0 Å². The number of pyridine rings is 1. The number of carbonyl (C=O) groups is 3. The lowest BCUT2D eigenvalue weighted by atomic mass is 9.87. The van der Waals surface area contributed by atoms with Gasteiger partial charge in [0.05, 0.1) is 16.5 Å². The third-order valence-electron chi connectivity index (χ3n) is 6.49. The number of hydrogen-bond donors (Lipinski definition) is 2. The van der Waals surface area contributed by atoms with Gasteiger partial charge in [-0.15, -0.1) is 0 Å². The van der Waals surface area contributed by atoms with Gasteiger partial charge in [-0.2, -0.15) is 0 Å². The molecule has 1 aliphatic rings. The van der Waals surface area contributed by atoms with Gasteiger partial charge in [0.1, 0.15) is 5.82 Å². The lowest BCUT2D eigenvalue weighted by Gasteiger charge is -2.20. The topological polar surface area (TPSA) is 101 Å². The molecule has 0 saturated heterocycles. The Bertz CT molecular complexity index is 1230. The highest BCUT2D eigenvalue weighted by atomic mass is 35.5. The van der Waals surface area contributed by atoms with Crippen LogP contribution in [-0.2, 0) is 11.8 Å². The number of Topliss-reactive ketones (excluding diaryl/α,β-unsaturated/α-hetero) is 1. The molecule has 4 rings (SSSR count). The number of ketones is 1. The lowest BCUT2D eigenvalue weighted by Crippen LogP contribution is -2.23. The smallest absolute Gasteiger partial charge is 0.337 e. The third kappa shape index (κ3) is 4.78. The summed E-state index contributed by atoms with van der Waals surface area (Å²) in [6.45, 7) is 1.48. The van der Waals surface area contributed by atoms with Crippen molar-refractivity contribution < 1.29 is 19.5 Å². The maximum atomic E-state index is 13.5. The summed E-state index contributed by atoms with van der Waals surface area (Å²) in [7, 11) is 1.89. The molecule has 8 heteroatoms. The minimum absolute atomic E-state index is 0.0560. The van der Waals surface area contributed by atoms with Gasteiger partial charge in [0.15, 0.2) is 5.78 Å². The third-order valence-corrected chi connectivity index (χ3v) is 6.80. The first-order valence-electron chi connectivity index (χ1n) is 11.0. The number of halogens is 1. The van der Waals surface area contributed by atoms with Gasteiger partial charge in [-0.3, -0.25) is 9.59 Å². The Morgan fingerprint density at radius 1 is 1.24 bits per heavy atom. The molecule has 0 radical (unpaired) electrons. The first kappa shape index (κ1) is 23.0. The fourth-order valence-electron chi connectivity index (χ4n) is 4.74. The van der Waals surface area contributed by atoms with Crippen molar-refractivity contribution in [3.63, 3.8) is 0 Å². The Balaban J connectivity index is 1.71. The highest BCUT2D eigenvalue weighted by Crippen LogP contribution is 2.39. The van der Waals surface area contributed by atoms with Gasteiger partial charge in [-0.05, 0) is 49.1 Å². The zero-order valence-corrected chi connectivity index (χ0v) is 19.4. The number of aryl methyl sites for hydroxylation is 1. The van der Waals surface area contributed by atoms with E-state index in [2.05, 4.69) is 10.3 Å². The van der Waals surface area contributed by atoms with E-state index >= 15 is 0 Å². The molecule has 1 saturated carbocycles. The van der Waals surface area contributed by atoms with Crippen molar-refractivity contribution in [1.29, 1.82) is 0 Å². The Morgan fingerprint density at radius 2 is 1.97 bits per heavy atom. The standard InChI is InChI=1S/C25H26ClN3O4/c1-14(30)17-11-22-18(10-21(17)26)20(13-29(22)2)19(9-15-5-3-4-6-15)24(31)28-23-8-7-16(12-27-23)25(32)33/h7-8,10-13,15,19H,3-6,9H2,1-2H3,(H,32,33)(H,27,28,31). The summed E-state index contributed by atoms with van der Waals surface area (Å²) in [5, 5.41) is 13.1. The molecule has 1 unspecified atom stereocenters. The van der Waals surface area contributed by atoms with E-state index in [-0.39, 0.29) is 17.3 Å². The van der Waals surface area contributed by atoms with E-state index in [1.807, 2.05) is 17.8 Å². The van der Waals surface area contributed by atoms with E-state index in [0.29, 0.717) is 28.7 Å². The van der Waals surface area contributed by atoms with Gasteiger partial charge in [0.2, 0.25) is 5.91 Å². The molecule has 1 atom stereocenters. The summed E-state index contributed by atoms with van der Waals surface area (Å²) < 4.78 is 1.92. The van der Waals surface area contributed by atoms with E-state index in [0.717, 1.165) is 29.3 Å². The number of aromatic carboxylic acids is 1. The van der Waals surface area contributed by atoms with Crippen LogP contribution in [0.3, 0.4) is 0 Å². The molecule has 1 aromatic carbocycles. The number of aromatic nitrogens is 2. The highest BCUT2D eigenvalue weighted by Gasteiger charge is 2.30. The molecule has 2 N–H and O–H groups in total. The largest absolute Gasteiger partial charge is 0.478 e. The number of amides is 1.